The van der Waals surface area contributed by atoms with Crippen molar-refractivity contribution in [2.75, 3.05) is 7.11 Å². The predicted molar refractivity (Wildman–Crippen MR) is 40.1 cm³/mol. The summed E-state index contributed by atoms with van der Waals surface area (Å²) in [6.45, 7) is 1.89. The van der Waals surface area contributed by atoms with Gasteiger partial charge in [-0.25, -0.2) is 4.79 Å². The Morgan fingerprint density at radius 2 is 2.36 bits per heavy atom. The Bertz CT molecular complexity index is 231. The van der Waals surface area contributed by atoms with Crippen LogP contribution in [0.15, 0.2) is 23.5 Å². The number of hydrogen-bond acceptors (Lipinski definition) is 4. The predicted octanol–water partition coefficient (Wildman–Crippen LogP) is 0.0549. The second-order valence-electron chi connectivity index (χ2n) is 2.20. The molecule has 4 nitrogen and oxygen atoms in total. The van der Waals surface area contributed by atoms with Crippen molar-refractivity contribution in [2.24, 2.45) is 0 Å². The Balaban J connectivity index is 2.62. The van der Waals surface area contributed by atoms with E-state index in [4.69, 9.17) is 0 Å². The maximum atomic E-state index is 10.7. The largest absolute Gasteiger partial charge is 0.466 e. The first-order valence-corrected chi connectivity index (χ1v) is 3.22. The van der Waals surface area contributed by atoms with Crippen molar-refractivity contribution in [3.63, 3.8) is 0 Å². The van der Waals surface area contributed by atoms with Crippen LogP contribution in [-0.4, -0.2) is 13.1 Å². The van der Waals surface area contributed by atoms with Crippen molar-refractivity contribution < 1.29 is 9.53 Å². The Morgan fingerprint density at radius 1 is 1.64 bits per heavy atom. The Kier molecular flexibility index (Phi) is 2.15. The molecule has 60 valence electrons. The number of allylic oxidation sites excluding steroid dienone is 2. The van der Waals surface area contributed by atoms with Gasteiger partial charge in [0, 0.05) is 11.8 Å². The molecule has 2 N–H and O–H groups in total. The van der Waals surface area contributed by atoms with E-state index in [1.165, 1.54) is 13.2 Å². The summed E-state index contributed by atoms with van der Waals surface area (Å²) in [5.41, 5.74) is 7.31. The van der Waals surface area contributed by atoms with Gasteiger partial charge in [0.15, 0.2) is 0 Å². The average Bonchev–Trinajstić information content (AvgIpc) is 2.35. The van der Waals surface area contributed by atoms with Crippen molar-refractivity contribution in [2.45, 2.75) is 6.92 Å². The van der Waals surface area contributed by atoms with Crippen LogP contribution in [0.5, 0.6) is 0 Å². The lowest BCUT2D eigenvalue weighted by Crippen LogP contribution is -2.22. The molecule has 0 saturated carbocycles. The van der Waals surface area contributed by atoms with Crippen molar-refractivity contribution >= 4 is 5.97 Å². The second-order valence-corrected chi connectivity index (χ2v) is 2.20. The summed E-state index contributed by atoms with van der Waals surface area (Å²) in [7, 11) is 1.35. The molecule has 0 atom stereocenters. The monoisotopic (exact) mass is 154 g/mol. The van der Waals surface area contributed by atoms with Crippen LogP contribution in [-0.2, 0) is 9.53 Å². The third-order valence-corrected chi connectivity index (χ3v) is 1.25. The molecule has 0 aromatic heterocycles. The fraction of sp³-hybridized carbons (Fsp3) is 0.286. The van der Waals surface area contributed by atoms with E-state index in [1.54, 1.807) is 0 Å². The molecular formula is C7H10N2O2. The minimum atomic E-state index is -0.361. The van der Waals surface area contributed by atoms with Crippen LogP contribution in [0.25, 0.3) is 0 Å². The highest BCUT2D eigenvalue weighted by Crippen LogP contribution is 2.02. The molecule has 1 aliphatic heterocycles. The summed E-state index contributed by atoms with van der Waals surface area (Å²) >= 11 is 0. The highest BCUT2D eigenvalue weighted by atomic mass is 16.5. The molecule has 0 aromatic carbocycles. The van der Waals surface area contributed by atoms with Gasteiger partial charge >= 0.3 is 5.97 Å². The molecule has 0 radical (unpaired) electrons. The first-order chi connectivity index (χ1) is 5.22. The molecule has 1 aliphatic rings. The number of nitrogens with one attached hydrogen (secondary N) is 2. The molecule has 0 saturated heterocycles. The lowest BCUT2D eigenvalue weighted by Gasteiger charge is -1.97. The molecule has 0 bridgehead atoms. The van der Waals surface area contributed by atoms with Gasteiger partial charge in [-0.05, 0) is 13.0 Å². The number of carbonyl (C=O) groups is 1. The standard InChI is InChI=1S/C7H10N2O2/c1-5-3-6(9-8-5)4-7(10)11-2/h3-4,8-9H,1-2H3. The maximum absolute atomic E-state index is 10.7. The molecule has 0 fully saturated rings. The number of ether oxygens (including phenoxy) is 1. The zero-order chi connectivity index (χ0) is 8.27. The van der Waals surface area contributed by atoms with E-state index >= 15 is 0 Å². The van der Waals surface area contributed by atoms with E-state index in [2.05, 4.69) is 15.6 Å². The number of hydrazine groups is 1. The van der Waals surface area contributed by atoms with Gasteiger partial charge in [-0.1, -0.05) is 0 Å². The molecule has 1 rings (SSSR count). The van der Waals surface area contributed by atoms with E-state index in [0.29, 0.717) is 5.70 Å². The van der Waals surface area contributed by atoms with E-state index in [0.717, 1.165) is 5.70 Å². The minimum Gasteiger partial charge on any atom is -0.466 e. The van der Waals surface area contributed by atoms with Crippen LogP contribution in [0.1, 0.15) is 6.92 Å². The fourth-order valence-corrected chi connectivity index (χ4v) is 0.740. The summed E-state index contributed by atoms with van der Waals surface area (Å²) in [5, 5.41) is 0. The van der Waals surface area contributed by atoms with Crippen LogP contribution in [0.2, 0.25) is 0 Å². The van der Waals surface area contributed by atoms with Gasteiger partial charge in [0.2, 0.25) is 0 Å². The Labute approximate surface area is 64.9 Å². The van der Waals surface area contributed by atoms with Crippen LogP contribution in [0.4, 0.5) is 0 Å². The Hall–Kier alpha value is -1.45. The summed E-state index contributed by atoms with van der Waals surface area (Å²) in [5.74, 6) is -0.361. The SMILES string of the molecule is COC(=O)C=C1C=C(C)NN1. The van der Waals surface area contributed by atoms with Crippen LogP contribution in [0.3, 0.4) is 0 Å². The summed E-state index contributed by atoms with van der Waals surface area (Å²) in [6, 6.07) is 0. The van der Waals surface area contributed by atoms with Gasteiger partial charge in [0.25, 0.3) is 0 Å². The van der Waals surface area contributed by atoms with Crippen LogP contribution >= 0.6 is 0 Å². The average molecular weight is 154 g/mol. The van der Waals surface area contributed by atoms with Crippen LogP contribution in [0, 0.1) is 0 Å². The molecule has 11 heavy (non-hydrogen) atoms. The molecular weight excluding hydrogens is 144 g/mol. The van der Waals surface area contributed by atoms with Crippen molar-refractivity contribution in [1.29, 1.82) is 0 Å². The second kappa shape index (κ2) is 3.09. The van der Waals surface area contributed by atoms with E-state index in [1.807, 2.05) is 13.0 Å². The van der Waals surface area contributed by atoms with Crippen molar-refractivity contribution in [3.05, 3.63) is 23.5 Å². The van der Waals surface area contributed by atoms with E-state index in [9.17, 15) is 4.79 Å². The number of rotatable bonds is 1. The number of methoxy groups -OCH3 is 1. The number of carbonyl (C=O) groups excluding carboxylic acids is 1. The van der Waals surface area contributed by atoms with Gasteiger partial charge < -0.3 is 15.6 Å². The van der Waals surface area contributed by atoms with Gasteiger partial charge in [-0.3, -0.25) is 0 Å². The van der Waals surface area contributed by atoms with Gasteiger partial charge in [0.05, 0.1) is 12.8 Å². The topological polar surface area (TPSA) is 50.4 Å². The van der Waals surface area contributed by atoms with Gasteiger partial charge in [-0.2, -0.15) is 0 Å². The quantitative estimate of drug-likeness (QED) is 0.414. The summed E-state index contributed by atoms with van der Waals surface area (Å²) < 4.78 is 4.44. The summed E-state index contributed by atoms with van der Waals surface area (Å²) in [4.78, 5) is 10.7. The first kappa shape index (κ1) is 7.65. The van der Waals surface area contributed by atoms with Crippen molar-refractivity contribution in [1.82, 2.24) is 10.9 Å². The molecule has 0 aliphatic carbocycles. The lowest BCUT2D eigenvalue weighted by atomic mass is 10.3. The number of hydrogen-bond donors (Lipinski definition) is 2. The van der Waals surface area contributed by atoms with Crippen LogP contribution < -0.4 is 10.9 Å². The number of esters is 1. The third kappa shape index (κ3) is 2.00. The first-order valence-electron chi connectivity index (χ1n) is 3.22. The fourth-order valence-electron chi connectivity index (χ4n) is 0.740. The third-order valence-electron chi connectivity index (χ3n) is 1.25. The normalized spacial score (nSPS) is 18.7. The zero-order valence-electron chi connectivity index (χ0n) is 6.47. The Morgan fingerprint density at radius 3 is 2.82 bits per heavy atom. The molecule has 0 aromatic rings. The highest BCUT2D eigenvalue weighted by molar-refractivity contribution is 5.83. The highest BCUT2D eigenvalue weighted by Gasteiger charge is 2.04. The van der Waals surface area contributed by atoms with Gasteiger partial charge in [0.1, 0.15) is 0 Å². The minimum absolute atomic E-state index is 0.361. The van der Waals surface area contributed by atoms with Gasteiger partial charge in [-0.15, -0.1) is 0 Å². The molecule has 4 heteroatoms. The zero-order valence-corrected chi connectivity index (χ0v) is 6.47. The maximum Gasteiger partial charge on any atom is 0.332 e. The molecule has 0 amide bonds. The molecule has 1 heterocycles. The smallest absolute Gasteiger partial charge is 0.332 e. The molecule has 0 spiro atoms. The van der Waals surface area contributed by atoms with Crippen molar-refractivity contribution in [3.8, 4) is 0 Å². The van der Waals surface area contributed by atoms with E-state index < -0.39 is 0 Å². The van der Waals surface area contributed by atoms with E-state index in [-0.39, 0.29) is 5.97 Å². The lowest BCUT2D eigenvalue weighted by molar-refractivity contribution is -0.134. The summed E-state index contributed by atoms with van der Waals surface area (Å²) in [6.07, 6.45) is 3.19. The molecule has 0 unspecified atom stereocenters.